The highest BCUT2D eigenvalue weighted by atomic mass is 35.5. The Kier molecular flexibility index (Phi) is 8.06. The SMILES string of the molecule is CCOCCCn1c(SCC(=O)c2cc(F)ccc2OC)nc2cc(Cl)ccc2c1=O. The van der Waals surface area contributed by atoms with E-state index >= 15 is 0 Å². The van der Waals surface area contributed by atoms with Gasteiger partial charge in [0.05, 0.1) is 29.3 Å². The minimum absolute atomic E-state index is 0.0379. The molecule has 0 spiro atoms. The Morgan fingerprint density at radius 1 is 1.26 bits per heavy atom. The van der Waals surface area contributed by atoms with E-state index in [0.717, 1.165) is 17.8 Å². The van der Waals surface area contributed by atoms with Crippen LogP contribution in [0.1, 0.15) is 23.7 Å². The molecule has 164 valence electrons. The normalized spacial score (nSPS) is 11.1. The first-order valence-corrected chi connectivity index (χ1v) is 11.1. The lowest BCUT2D eigenvalue weighted by molar-refractivity contribution is 0.101. The number of ketones is 1. The summed E-state index contributed by atoms with van der Waals surface area (Å²) < 4.78 is 25.7. The summed E-state index contributed by atoms with van der Waals surface area (Å²) in [5.74, 6) is -0.605. The van der Waals surface area contributed by atoms with Gasteiger partial charge in [0.1, 0.15) is 11.6 Å². The maximum Gasteiger partial charge on any atom is 0.262 e. The molecule has 0 fully saturated rings. The number of carbonyl (C=O) groups excluding carboxylic acids is 1. The molecule has 0 aliphatic heterocycles. The third kappa shape index (κ3) is 5.64. The van der Waals surface area contributed by atoms with Crippen molar-refractivity contribution in [1.29, 1.82) is 0 Å². The predicted octanol–water partition coefficient (Wildman–Crippen LogP) is 4.60. The molecule has 0 atom stereocenters. The summed E-state index contributed by atoms with van der Waals surface area (Å²) in [5.41, 5.74) is 0.386. The largest absolute Gasteiger partial charge is 0.496 e. The van der Waals surface area contributed by atoms with Crippen LogP contribution in [0.4, 0.5) is 4.39 Å². The van der Waals surface area contributed by atoms with Crippen molar-refractivity contribution >= 4 is 40.0 Å². The van der Waals surface area contributed by atoms with E-state index in [1.807, 2.05) is 6.92 Å². The number of hydrogen-bond acceptors (Lipinski definition) is 6. The average molecular weight is 465 g/mol. The van der Waals surface area contributed by atoms with Crippen LogP contribution in [0.15, 0.2) is 46.3 Å². The van der Waals surface area contributed by atoms with Gasteiger partial charge < -0.3 is 9.47 Å². The number of Topliss-reactive ketones (excluding diaryl/α,β-unsaturated/α-hetero) is 1. The number of thioether (sulfide) groups is 1. The van der Waals surface area contributed by atoms with E-state index in [2.05, 4.69) is 4.98 Å². The highest BCUT2D eigenvalue weighted by Crippen LogP contribution is 2.25. The summed E-state index contributed by atoms with van der Waals surface area (Å²) in [6, 6.07) is 8.68. The van der Waals surface area contributed by atoms with Crippen LogP contribution in [0.25, 0.3) is 10.9 Å². The number of benzene rings is 2. The standard InChI is InChI=1S/C22H22ClFN2O4S/c1-3-30-10-4-9-26-21(28)16-7-5-14(23)11-18(16)25-22(26)31-13-19(27)17-12-15(24)6-8-20(17)29-2/h5-8,11-12H,3-4,9-10,13H2,1-2H3. The highest BCUT2D eigenvalue weighted by Gasteiger charge is 2.17. The second-order valence-corrected chi connectivity index (χ2v) is 8.00. The van der Waals surface area contributed by atoms with Crippen molar-refractivity contribution < 1.29 is 18.7 Å². The Morgan fingerprint density at radius 3 is 2.81 bits per heavy atom. The van der Waals surface area contributed by atoms with Crippen LogP contribution in [0, 0.1) is 5.82 Å². The molecule has 6 nitrogen and oxygen atoms in total. The predicted molar refractivity (Wildman–Crippen MR) is 120 cm³/mol. The van der Waals surface area contributed by atoms with E-state index in [0.29, 0.717) is 53.0 Å². The van der Waals surface area contributed by atoms with E-state index in [1.165, 1.54) is 23.8 Å². The number of carbonyl (C=O) groups is 1. The summed E-state index contributed by atoms with van der Waals surface area (Å²) >= 11 is 7.18. The second-order valence-electron chi connectivity index (χ2n) is 6.62. The Labute approximate surface area is 188 Å². The van der Waals surface area contributed by atoms with Crippen molar-refractivity contribution in [1.82, 2.24) is 9.55 Å². The van der Waals surface area contributed by atoms with Gasteiger partial charge in [-0.25, -0.2) is 9.37 Å². The fourth-order valence-electron chi connectivity index (χ4n) is 3.06. The first kappa shape index (κ1) is 23.2. The summed E-state index contributed by atoms with van der Waals surface area (Å²) in [6.45, 7) is 3.39. The first-order valence-electron chi connectivity index (χ1n) is 9.72. The number of fused-ring (bicyclic) bond motifs is 1. The summed E-state index contributed by atoms with van der Waals surface area (Å²) in [4.78, 5) is 30.4. The number of nitrogens with zero attached hydrogens (tertiary/aromatic N) is 2. The van der Waals surface area contributed by atoms with Gasteiger partial charge in [0.2, 0.25) is 0 Å². The first-order chi connectivity index (χ1) is 14.9. The van der Waals surface area contributed by atoms with Gasteiger partial charge >= 0.3 is 0 Å². The van der Waals surface area contributed by atoms with Gasteiger partial charge in [-0.05, 0) is 49.7 Å². The number of methoxy groups -OCH3 is 1. The van der Waals surface area contributed by atoms with E-state index in [1.54, 1.807) is 18.2 Å². The second kappa shape index (κ2) is 10.7. The van der Waals surface area contributed by atoms with Crippen LogP contribution in [-0.4, -0.2) is 41.4 Å². The molecular weight excluding hydrogens is 443 g/mol. The molecule has 3 rings (SSSR count). The molecule has 0 amide bonds. The number of aromatic nitrogens is 2. The van der Waals surface area contributed by atoms with Crippen LogP contribution in [0.2, 0.25) is 5.02 Å². The van der Waals surface area contributed by atoms with E-state index in [4.69, 9.17) is 21.1 Å². The lowest BCUT2D eigenvalue weighted by Gasteiger charge is -2.13. The summed E-state index contributed by atoms with van der Waals surface area (Å²) in [7, 11) is 1.42. The van der Waals surface area contributed by atoms with Crippen molar-refractivity contribution in [3.63, 3.8) is 0 Å². The van der Waals surface area contributed by atoms with E-state index in [-0.39, 0.29) is 22.7 Å². The van der Waals surface area contributed by atoms with Crippen LogP contribution in [-0.2, 0) is 11.3 Å². The van der Waals surface area contributed by atoms with E-state index < -0.39 is 5.82 Å². The third-order valence-corrected chi connectivity index (χ3v) is 5.76. The van der Waals surface area contributed by atoms with Crippen LogP contribution in [0.3, 0.4) is 0 Å². The Morgan fingerprint density at radius 2 is 2.06 bits per heavy atom. The number of rotatable bonds is 10. The van der Waals surface area contributed by atoms with Crippen molar-refractivity contribution in [2.45, 2.75) is 25.0 Å². The monoisotopic (exact) mass is 464 g/mol. The molecule has 3 aromatic rings. The minimum Gasteiger partial charge on any atom is -0.496 e. The molecule has 0 aliphatic rings. The molecule has 9 heteroatoms. The van der Waals surface area contributed by atoms with Crippen LogP contribution in [0.5, 0.6) is 5.75 Å². The third-order valence-electron chi connectivity index (χ3n) is 4.55. The molecule has 0 unspecified atom stereocenters. The maximum absolute atomic E-state index is 13.6. The zero-order chi connectivity index (χ0) is 22.4. The Balaban J connectivity index is 1.91. The molecule has 0 saturated heterocycles. The van der Waals surface area contributed by atoms with Gasteiger partial charge in [-0.3, -0.25) is 14.2 Å². The van der Waals surface area contributed by atoms with Gasteiger partial charge in [-0.15, -0.1) is 0 Å². The van der Waals surface area contributed by atoms with Gasteiger partial charge in [0, 0.05) is 24.8 Å². The summed E-state index contributed by atoms with van der Waals surface area (Å²) in [5, 5.41) is 1.30. The molecule has 0 radical (unpaired) electrons. The van der Waals surface area contributed by atoms with Crippen molar-refractivity contribution in [3.8, 4) is 5.75 Å². The lowest BCUT2D eigenvalue weighted by atomic mass is 10.1. The van der Waals surface area contributed by atoms with Gasteiger partial charge in [-0.2, -0.15) is 0 Å². The van der Waals surface area contributed by atoms with Gasteiger partial charge in [-0.1, -0.05) is 23.4 Å². The highest BCUT2D eigenvalue weighted by molar-refractivity contribution is 7.99. The Bertz CT molecular complexity index is 1150. The van der Waals surface area contributed by atoms with Crippen molar-refractivity contribution in [2.75, 3.05) is 26.1 Å². The number of ether oxygens (including phenoxy) is 2. The van der Waals surface area contributed by atoms with Crippen LogP contribution >= 0.6 is 23.4 Å². The fraction of sp³-hybridized carbons (Fsp3) is 0.318. The number of halogens is 2. The van der Waals surface area contributed by atoms with Gasteiger partial charge in [0.15, 0.2) is 10.9 Å². The van der Waals surface area contributed by atoms with Crippen molar-refractivity contribution in [2.24, 2.45) is 0 Å². The lowest BCUT2D eigenvalue weighted by Crippen LogP contribution is -2.24. The number of hydrogen-bond donors (Lipinski definition) is 0. The molecule has 0 aliphatic carbocycles. The fourth-order valence-corrected chi connectivity index (χ4v) is 4.13. The van der Waals surface area contributed by atoms with Crippen molar-refractivity contribution in [3.05, 3.63) is 63.2 Å². The zero-order valence-electron chi connectivity index (χ0n) is 17.2. The molecule has 0 N–H and O–H groups in total. The van der Waals surface area contributed by atoms with Crippen LogP contribution < -0.4 is 10.3 Å². The topological polar surface area (TPSA) is 70.4 Å². The Hall–Kier alpha value is -2.42. The minimum atomic E-state index is -0.527. The summed E-state index contributed by atoms with van der Waals surface area (Å²) in [6.07, 6.45) is 0.619. The molecule has 2 aromatic carbocycles. The average Bonchev–Trinajstić information content (AvgIpc) is 2.76. The molecule has 1 heterocycles. The molecule has 0 bridgehead atoms. The molecule has 0 saturated carbocycles. The quantitative estimate of drug-likeness (QED) is 0.189. The molecule has 1 aromatic heterocycles. The molecular formula is C22H22ClFN2O4S. The smallest absolute Gasteiger partial charge is 0.262 e. The van der Waals surface area contributed by atoms with Gasteiger partial charge in [0.25, 0.3) is 5.56 Å². The molecule has 31 heavy (non-hydrogen) atoms. The van der Waals surface area contributed by atoms with E-state index in [9.17, 15) is 14.0 Å². The maximum atomic E-state index is 13.6. The zero-order valence-corrected chi connectivity index (χ0v) is 18.8.